The summed E-state index contributed by atoms with van der Waals surface area (Å²) < 4.78 is 9.45. The van der Waals surface area contributed by atoms with E-state index in [1.165, 1.54) is 13.8 Å². The number of esters is 2. The predicted molar refractivity (Wildman–Crippen MR) is 230 cm³/mol. The molecule has 0 amide bonds. The van der Waals surface area contributed by atoms with E-state index in [1.54, 1.807) is 0 Å². The van der Waals surface area contributed by atoms with E-state index in [-0.39, 0.29) is 90.6 Å². The SMILES string of the molecule is C=C(C)C(=O)OCC(CO)(CO)CO.C=C(C)C(=O)OCC(CO)(CO)CO.O=C(O)CCCCCCCCCCC(=O)O.O=C(O)CCCCCCCCCCC(=O)O.[Ca+2].[H-].[H-]. The smallest absolute Gasteiger partial charge is 1.00 e. The van der Waals surface area contributed by atoms with Crippen molar-refractivity contribution in [3.63, 3.8) is 0 Å². The van der Waals surface area contributed by atoms with Crippen LogP contribution < -0.4 is 0 Å². The maximum Gasteiger partial charge on any atom is 2.00 e. The Balaban J connectivity index is -0.000000131. The molecule has 10 N–H and O–H groups in total. The fourth-order valence-corrected chi connectivity index (χ4v) is 4.48. The van der Waals surface area contributed by atoms with Gasteiger partial charge in [-0.2, -0.15) is 0 Å². The van der Waals surface area contributed by atoms with E-state index < -0.39 is 86.3 Å². The Morgan fingerprint density at radius 1 is 0.393 bits per heavy atom. The van der Waals surface area contributed by atoms with Crippen LogP contribution in [0.3, 0.4) is 0 Å². The quantitative estimate of drug-likeness (QED) is 0.0188. The normalized spacial score (nSPS) is 10.5. The third kappa shape index (κ3) is 46.7. The first-order valence-electron chi connectivity index (χ1n) is 20.5. The van der Waals surface area contributed by atoms with Crippen molar-refractivity contribution in [1.29, 1.82) is 0 Å². The maximum atomic E-state index is 11.0. The number of carboxylic acids is 4. The van der Waals surface area contributed by atoms with Gasteiger partial charge in [0.2, 0.25) is 0 Å². The number of rotatable bonds is 34. The zero-order valence-electron chi connectivity index (χ0n) is 38.7. The van der Waals surface area contributed by atoms with E-state index in [2.05, 4.69) is 13.2 Å². The third-order valence-electron chi connectivity index (χ3n) is 8.79. The second-order valence-corrected chi connectivity index (χ2v) is 14.9. The summed E-state index contributed by atoms with van der Waals surface area (Å²) in [6.07, 6.45) is 17.0. The molecule has 0 aliphatic heterocycles. The minimum absolute atomic E-state index is 0. The Kier molecular flexibility index (Phi) is 50.1. The molecule has 0 bridgehead atoms. The van der Waals surface area contributed by atoms with E-state index in [4.69, 9.17) is 60.5 Å². The van der Waals surface area contributed by atoms with Crippen LogP contribution >= 0.6 is 0 Å². The average molecular weight is 911 g/mol. The van der Waals surface area contributed by atoms with Gasteiger partial charge in [-0.1, -0.05) is 90.2 Å². The monoisotopic (exact) mass is 910 g/mol. The fourth-order valence-electron chi connectivity index (χ4n) is 4.48. The summed E-state index contributed by atoms with van der Waals surface area (Å²) in [5.41, 5.74) is -1.89. The number of hydrogen-bond acceptors (Lipinski definition) is 14. The average Bonchev–Trinajstić information content (AvgIpc) is 3.20. The van der Waals surface area contributed by atoms with Crippen molar-refractivity contribution in [1.82, 2.24) is 0 Å². The molecule has 0 saturated heterocycles. The van der Waals surface area contributed by atoms with E-state index in [9.17, 15) is 28.8 Å². The molecule has 61 heavy (non-hydrogen) atoms. The summed E-state index contributed by atoms with van der Waals surface area (Å²) in [4.78, 5) is 62.8. The van der Waals surface area contributed by atoms with Gasteiger partial charge in [0, 0.05) is 36.8 Å². The Morgan fingerprint density at radius 2 is 0.557 bits per heavy atom. The maximum absolute atomic E-state index is 11.0. The molecule has 0 aromatic rings. The van der Waals surface area contributed by atoms with Crippen molar-refractivity contribution < 1.29 is 92.2 Å². The Hall–Kier alpha value is -2.68. The van der Waals surface area contributed by atoms with Crippen LogP contribution in [0, 0.1) is 10.8 Å². The molecule has 0 aliphatic carbocycles. The van der Waals surface area contributed by atoms with Gasteiger partial charge in [0.1, 0.15) is 13.2 Å². The van der Waals surface area contributed by atoms with Crippen LogP contribution in [-0.2, 0) is 38.2 Å². The van der Waals surface area contributed by atoms with Gasteiger partial charge in [0.05, 0.1) is 50.5 Å². The molecule has 356 valence electrons. The number of carboxylic acid groups (broad SMARTS) is 4. The van der Waals surface area contributed by atoms with Gasteiger partial charge in [-0.25, -0.2) is 9.59 Å². The predicted octanol–water partition coefficient (Wildman–Crippen LogP) is 4.10. The zero-order valence-corrected chi connectivity index (χ0v) is 38.9. The molecule has 0 atom stereocenters. The molecule has 0 unspecified atom stereocenters. The molecular formula is C42H78CaO18. The molecule has 0 radical (unpaired) electrons. The van der Waals surface area contributed by atoms with Gasteiger partial charge in [0.15, 0.2) is 0 Å². The summed E-state index contributed by atoms with van der Waals surface area (Å²) in [6.45, 7) is 6.52. The van der Waals surface area contributed by atoms with Crippen LogP contribution in [-0.4, -0.2) is 177 Å². The number of carbonyl (C=O) groups is 6. The van der Waals surface area contributed by atoms with E-state index in [1.807, 2.05) is 0 Å². The Labute approximate surface area is 394 Å². The molecule has 0 rings (SSSR count). The van der Waals surface area contributed by atoms with Crippen molar-refractivity contribution in [3.8, 4) is 0 Å². The number of carbonyl (C=O) groups excluding carboxylic acids is 2. The van der Waals surface area contributed by atoms with Crippen molar-refractivity contribution in [2.24, 2.45) is 10.8 Å². The third-order valence-corrected chi connectivity index (χ3v) is 8.79. The molecule has 0 aliphatic rings. The standard InChI is InChI=1S/2C12H22O4.2C9H16O5.Ca.2H/c2*13-11(14)9-7-5-3-1-2-4-6-8-10-12(15)16;2*1-7(2)8(13)14-6-9(3-10,4-11)5-12;;;/h2*1-10H2,(H,13,14)(H,15,16);2*10-12H,1,3-6H2,2H3;;;/q;;;;+2;2*-1. The van der Waals surface area contributed by atoms with E-state index in [0.29, 0.717) is 0 Å². The second-order valence-electron chi connectivity index (χ2n) is 14.9. The topological polar surface area (TPSA) is 323 Å². The number of ether oxygens (including phenoxy) is 2. The van der Waals surface area contributed by atoms with E-state index in [0.717, 1.165) is 103 Å². The summed E-state index contributed by atoms with van der Waals surface area (Å²) in [5, 5.41) is 87.0. The van der Waals surface area contributed by atoms with Crippen LogP contribution in [0.5, 0.6) is 0 Å². The van der Waals surface area contributed by atoms with E-state index >= 15 is 0 Å². The van der Waals surface area contributed by atoms with Crippen molar-refractivity contribution in [2.45, 2.75) is 142 Å². The van der Waals surface area contributed by atoms with Crippen LogP contribution in [0.25, 0.3) is 0 Å². The van der Waals surface area contributed by atoms with Gasteiger partial charge >= 0.3 is 73.6 Å². The number of unbranched alkanes of at least 4 members (excludes halogenated alkanes) is 14. The Morgan fingerprint density at radius 3 is 0.689 bits per heavy atom. The van der Waals surface area contributed by atoms with Crippen LogP contribution in [0.2, 0.25) is 0 Å². The van der Waals surface area contributed by atoms with Gasteiger partial charge < -0.3 is 63.4 Å². The van der Waals surface area contributed by atoms with Gasteiger partial charge in [0.25, 0.3) is 0 Å². The van der Waals surface area contributed by atoms with Gasteiger partial charge in [-0.05, 0) is 39.5 Å². The van der Waals surface area contributed by atoms with Gasteiger partial charge in [-0.3, -0.25) is 19.2 Å². The first kappa shape index (κ1) is 67.4. The molecule has 0 heterocycles. The fraction of sp³-hybridized carbons (Fsp3) is 0.762. The summed E-state index contributed by atoms with van der Waals surface area (Å²) in [5.74, 6) is -4.07. The number of aliphatic carboxylic acids is 4. The van der Waals surface area contributed by atoms with Crippen LogP contribution in [0.15, 0.2) is 24.3 Å². The minimum atomic E-state index is -1.18. The molecule has 0 aromatic heterocycles. The van der Waals surface area contributed by atoms with Crippen LogP contribution in [0.4, 0.5) is 0 Å². The Bertz CT molecular complexity index is 1050. The van der Waals surface area contributed by atoms with Crippen LogP contribution in [0.1, 0.15) is 145 Å². The zero-order chi connectivity index (χ0) is 46.8. The first-order valence-corrected chi connectivity index (χ1v) is 20.5. The molecule has 18 nitrogen and oxygen atoms in total. The molecule has 0 aromatic carbocycles. The summed E-state index contributed by atoms with van der Waals surface area (Å²) in [7, 11) is 0. The summed E-state index contributed by atoms with van der Waals surface area (Å²) in [6, 6.07) is 0. The van der Waals surface area contributed by atoms with Gasteiger partial charge in [-0.15, -0.1) is 0 Å². The molecular weight excluding hydrogens is 833 g/mol. The number of aliphatic hydroxyl groups excluding tert-OH is 6. The molecule has 0 saturated carbocycles. The molecule has 19 heteroatoms. The first-order chi connectivity index (χ1) is 28.3. The molecule has 0 spiro atoms. The second kappa shape index (κ2) is 45.3. The minimum Gasteiger partial charge on any atom is -1.00 e. The molecule has 0 fully saturated rings. The number of aliphatic hydroxyl groups is 6. The van der Waals surface area contributed by atoms with Crippen molar-refractivity contribution >= 4 is 73.6 Å². The largest absolute Gasteiger partial charge is 2.00 e. The number of hydrogen-bond donors (Lipinski definition) is 10. The van der Waals surface area contributed by atoms with Crippen molar-refractivity contribution in [3.05, 3.63) is 24.3 Å². The summed E-state index contributed by atoms with van der Waals surface area (Å²) >= 11 is 0. The van der Waals surface area contributed by atoms with Crippen molar-refractivity contribution in [2.75, 3.05) is 52.9 Å².